The van der Waals surface area contributed by atoms with Crippen molar-refractivity contribution in [1.29, 1.82) is 5.26 Å². The van der Waals surface area contributed by atoms with E-state index in [2.05, 4.69) is 56.0 Å². The van der Waals surface area contributed by atoms with Crippen molar-refractivity contribution in [2.24, 2.45) is 4.99 Å². The lowest BCUT2D eigenvalue weighted by Crippen LogP contribution is -2.62. The zero-order valence-corrected chi connectivity index (χ0v) is 26.1. The Balaban J connectivity index is 1.21. The minimum atomic E-state index is -0.741. The van der Waals surface area contributed by atoms with Gasteiger partial charge in [0, 0.05) is 29.1 Å². The van der Waals surface area contributed by atoms with Crippen LogP contribution in [-0.4, -0.2) is 18.5 Å². The van der Waals surface area contributed by atoms with Crippen molar-refractivity contribution >= 4 is 28.4 Å². The summed E-state index contributed by atoms with van der Waals surface area (Å²) in [5.41, 5.74) is 2.90. The van der Waals surface area contributed by atoms with Crippen molar-refractivity contribution in [3.8, 4) is 11.8 Å². The van der Waals surface area contributed by atoms with E-state index in [0.29, 0.717) is 11.3 Å². The molecule has 1 unspecified atom stereocenters. The maximum absolute atomic E-state index is 9.93. The predicted molar refractivity (Wildman–Crippen MR) is 177 cm³/mol. The minimum absolute atomic E-state index is 0.320. The second-order valence-electron chi connectivity index (χ2n) is 12.9. The van der Waals surface area contributed by atoms with Crippen LogP contribution in [0.15, 0.2) is 59.6 Å². The van der Waals surface area contributed by atoms with E-state index in [1.54, 1.807) is 0 Å². The van der Waals surface area contributed by atoms with Crippen LogP contribution in [0.25, 0.3) is 10.8 Å². The monoisotopic (exact) mass is 563 g/mol. The lowest BCUT2D eigenvalue weighted by atomic mass is 9.77. The van der Waals surface area contributed by atoms with E-state index in [9.17, 15) is 5.26 Å². The Kier molecular flexibility index (Phi) is 9.88. The minimum Gasteiger partial charge on any atom is -0.459 e. The van der Waals surface area contributed by atoms with E-state index in [-0.39, 0.29) is 5.41 Å². The molecule has 0 radical (unpaired) electrons. The van der Waals surface area contributed by atoms with Gasteiger partial charge in [0.15, 0.2) is 5.75 Å². The summed E-state index contributed by atoms with van der Waals surface area (Å²) in [6.45, 7) is 7.73. The number of unbranched alkanes of at least 4 members (excludes halogenated alkanes) is 13. The van der Waals surface area contributed by atoms with Crippen LogP contribution in [0, 0.1) is 11.3 Å². The van der Waals surface area contributed by atoms with Crippen LogP contribution in [-0.2, 0) is 5.41 Å². The number of fused-ring (bicyclic) bond motifs is 4. The van der Waals surface area contributed by atoms with E-state index >= 15 is 0 Å². The van der Waals surface area contributed by atoms with Crippen molar-refractivity contribution in [2.75, 3.05) is 11.4 Å². The summed E-state index contributed by atoms with van der Waals surface area (Å²) < 4.78 is 7.04. The quantitative estimate of drug-likeness (QED) is 0.173. The molecule has 0 bridgehead atoms. The Morgan fingerprint density at radius 1 is 0.762 bits per heavy atom. The van der Waals surface area contributed by atoms with Gasteiger partial charge in [0.1, 0.15) is 5.69 Å². The summed E-state index contributed by atoms with van der Waals surface area (Å²) in [6.07, 6.45) is 21.0. The Morgan fingerprint density at radius 2 is 1.33 bits per heavy atom. The van der Waals surface area contributed by atoms with E-state index in [1.807, 2.05) is 36.5 Å². The van der Waals surface area contributed by atoms with E-state index < -0.39 is 5.72 Å². The molecule has 222 valence electrons. The summed E-state index contributed by atoms with van der Waals surface area (Å²) in [5, 5.41) is 11.8. The van der Waals surface area contributed by atoms with Crippen LogP contribution in [0.2, 0.25) is 0 Å². The number of para-hydroxylation sites is 1. The Hall–Kier alpha value is -3.32. The van der Waals surface area contributed by atoms with Gasteiger partial charge >= 0.3 is 0 Å². The van der Waals surface area contributed by atoms with Crippen molar-refractivity contribution in [1.82, 2.24) is 0 Å². The van der Waals surface area contributed by atoms with Gasteiger partial charge in [-0.05, 0) is 31.9 Å². The molecule has 1 atom stereocenters. The van der Waals surface area contributed by atoms with Gasteiger partial charge in [-0.15, -0.1) is 0 Å². The molecule has 0 saturated carbocycles. The standard InChI is InChI=1S/C38H49N3O/c1-4-5-6-7-8-9-10-11-12-13-14-15-16-21-26-41-34-25-20-19-24-33(34)37(2,3)38(41)29-40-36-32-23-18-17-22-31(32)30(28-39)27-35(36)42-38/h17-20,22-25,27,29H,4-16,21,26H2,1-3H3. The maximum Gasteiger partial charge on any atom is 0.228 e. The van der Waals surface area contributed by atoms with Gasteiger partial charge in [0.05, 0.1) is 23.3 Å². The van der Waals surface area contributed by atoms with Crippen LogP contribution in [0.1, 0.15) is 122 Å². The Labute approximate surface area is 253 Å². The van der Waals surface area contributed by atoms with Crippen LogP contribution < -0.4 is 9.64 Å². The van der Waals surface area contributed by atoms with Crippen LogP contribution >= 0.6 is 0 Å². The Bertz CT molecular complexity index is 1420. The van der Waals surface area contributed by atoms with Crippen molar-refractivity contribution < 1.29 is 4.74 Å². The summed E-state index contributed by atoms with van der Waals surface area (Å²) in [6, 6.07) is 21.0. The van der Waals surface area contributed by atoms with Crippen molar-refractivity contribution in [2.45, 2.75) is 122 Å². The predicted octanol–water partition coefficient (Wildman–Crippen LogP) is 10.8. The molecule has 0 aliphatic carbocycles. The zero-order valence-electron chi connectivity index (χ0n) is 26.1. The fraction of sp³-hybridized carbons (Fsp3) is 0.526. The maximum atomic E-state index is 9.93. The molecular weight excluding hydrogens is 514 g/mol. The van der Waals surface area contributed by atoms with Crippen LogP contribution in [0.5, 0.6) is 5.75 Å². The molecule has 4 heteroatoms. The Morgan fingerprint density at radius 3 is 1.98 bits per heavy atom. The molecular formula is C38H49N3O. The first kappa shape index (κ1) is 30.1. The molecule has 0 fully saturated rings. The summed E-state index contributed by atoms with van der Waals surface area (Å²) >= 11 is 0. The lowest BCUT2D eigenvalue weighted by Gasteiger charge is -2.46. The molecule has 3 aromatic rings. The van der Waals surface area contributed by atoms with E-state index in [1.165, 1.54) is 94.7 Å². The number of nitrogens with zero attached hydrogens (tertiary/aromatic N) is 3. The molecule has 0 aromatic heterocycles. The van der Waals surface area contributed by atoms with Gasteiger partial charge in [-0.3, -0.25) is 4.99 Å². The normalized spacial score (nSPS) is 18.2. The van der Waals surface area contributed by atoms with Gasteiger partial charge in [0.25, 0.3) is 0 Å². The average molecular weight is 564 g/mol. The molecule has 4 nitrogen and oxygen atoms in total. The average Bonchev–Trinajstić information content (AvgIpc) is 3.19. The molecule has 0 saturated heterocycles. The first-order valence-electron chi connectivity index (χ1n) is 16.6. The summed E-state index contributed by atoms with van der Waals surface area (Å²) in [7, 11) is 0. The zero-order chi connectivity index (χ0) is 29.4. The fourth-order valence-corrected chi connectivity index (χ4v) is 7.10. The molecule has 3 aromatic carbocycles. The SMILES string of the molecule is CCCCCCCCCCCCCCCCN1c2ccccc2C(C)(C)C12C=Nc1c(cc(C#N)c3ccccc13)O2. The second kappa shape index (κ2) is 13.8. The number of hydrogen-bond donors (Lipinski definition) is 0. The molecule has 2 aliphatic heterocycles. The lowest BCUT2D eigenvalue weighted by molar-refractivity contribution is 0.0774. The van der Waals surface area contributed by atoms with Gasteiger partial charge < -0.3 is 9.64 Å². The highest BCUT2D eigenvalue weighted by molar-refractivity contribution is 6.02. The fourth-order valence-electron chi connectivity index (χ4n) is 7.10. The number of hydrogen-bond acceptors (Lipinski definition) is 4. The smallest absolute Gasteiger partial charge is 0.228 e. The van der Waals surface area contributed by atoms with Gasteiger partial charge in [-0.2, -0.15) is 5.26 Å². The van der Waals surface area contributed by atoms with Crippen LogP contribution in [0.4, 0.5) is 11.4 Å². The number of anilines is 1. The van der Waals surface area contributed by atoms with Crippen LogP contribution in [0.3, 0.4) is 0 Å². The third-order valence-electron chi connectivity index (χ3n) is 9.64. The molecule has 1 spiro atoms. The second-order valence-corrected chi connectivity index (χ2v) is 12.9. The van der Waals surface area contributed by atoms with E-state index in [0.717, 1.165) is 29.4 Å². The highest BCUT2D eigenvalue weighted by Crippen LogP contribution is 2.55. The third-order valence-corrected chi connectivity index (χ3v) is 9.64. The summed E-state index contributed by atoms with van der Waals surface area (Å²) in [4.78, 5) is 7.52. The molecule has 0 N–H and O–H groups in total. The van der Waals surface area contributed by atoms with Gasteiger partial charge in [0.2, 0.25) is 5.72 Å². The summed E-state index contributed by atoms with van der Waals surface area (Å²) in [5.74, 6) is 0.694. The highest BCUT2D eigenvalue weighted by Gasteiger charge is 2.59. The molecule has 5 rings (SSSR count). The number of rotatable bonds is 15. The molecule has 0 amide bonds. The van der Waals surface area contributed by atoms with Crippen molar-refractivity contribution in [3.63, 3.8) is 0 Å². The van der Waals surface area contributed by atoms with Crippen molar-refractivity contribution in [3.05, 3.63) is 65.7 Å². The third kappa shape index (κ3) is 5.94. The number of ether oxygens (including phenoxy) is 1. The topological polar surface area (TPSA) is 48.6 Å². The van der Waals surface area contributed by atoms with Gasteiger partial charge in [-0.25, -0.2) is 0 Å². The number of benzene rings is 3. The first-order valence-corrected chi connectivity index (χ1v) is 16.6. The van der Waals surface area contributed by atoms with E-state index in [4.69, 9.17) is 9.73 Å². The molecule has 42 heavy (non-hydrogen) atoms. The first-order chi connectivity index (χ1) is 20.5. The van der Waals surface area contributed by atoms with Gasteiger partial charge in [-0.1, -0.05) is 133 Å². The largest absolute Gasteiger partial charge is 0.459 e. The number of aliphatic imine (C=N–C) groups is 1. The number of nitriles is 1. The highest BCUT2D eigenvalue weighted by atomic mass is 16.5. The molecule has 2 heterocycles. The molecule has 2 aliphatic rings.